The van der Waals surface area contributed by atoms with Crippen molar-refractivity contribution in [3.05, 3.63) is 18.2 Å². The zero-order valence-corrected chi connectivity index (χ0v) is 13.1. The van der Waals surface area contributed by atoms with E-state index < -0.39 is 24.3 Å². The summed E-state index contributed by atoms with van der Waals surface area (Å²) in [5, 5.41) is 18.8. The molecule has 21 heavy (non-hydrogen) atoms. The van der Waals surface area contributed by atoms with Crippen molar-refractivity contribution in [3.8, 4) is 11.5 Å². The summed E-state index contributed by atoms with van der Waals surface area (Å²) < 4.78 is 10.5. The molecule has 2 unspecified atom stereocenters. The summed E-state index contributed by atoms with van der Waals surface area (Å²) in [5.41, 5.74) is -0.320. The Morgan fingerprint density at radius 1 is 1.24 bits per heavy atom. The van der Waals surface area contributed by atoms with Gasteiger partial charge in [0.2, 0.25) is 0 Å². The second kappa shape index (κ2) is 7.68. The normalized spacial score (nSPS) is 13.3. The molecule has 1 aromatic rings. The average molecular weight is 310 g/mol. The van der Waals surface area contributed by atoms with E-state index in [1.807, 2.05) is 6.07 Å². The molecule has 0 aliphatic rings. The highest BCUT2D eigenvalue weighted by Crippen LogP contribution is 2.27. The third kappa shape index (κ3) is 4.49. The fourth-order valence-electron chi connectivity index (χ4n) is 2.01. The lowest BCUT2D eigenvalue weighted by molar-refractivity contribution is -0.148. The average Bonchev–Trinajstić information content (AvgIpc) is 2.43. The van der Waals surface area contributed by atoms with E-state index in [-0.39, 0.29) is 15.1 Å². The smallest absolute Gasteiger partial charge is 0.307 e. The number of carboxylic acid groups (broad SMARTS) is 2. The molecule has 1 rings (SSSR count). The van der Waals surface area contributed by atoms with Crippen molar-refractivity contribution in [2.24, 2.45) is 5.92 Å². The lowest BCUT2D eigenvalue weighted by Crippen LogP contribution is -2.30. The largest absolute Gasteiger partial charge is 0.493 e. The Morgan fingerprint density at radius 2 is 1.90 bits per heavy atom. The molecule has 0 aliphatic heterocycles. The molecule has 1 aromatic carbocycles. The van der Waals surface area contributed by atoms with E-state index in [4.69, 9.17) is 14.6 Å². The Labute approximate surface area is 125 Å². The van der Waals surface area contributed by atoms with Gasteiger partial charge < -0.3 is 19.7 Å². The SMILES string of the molecule is COc1cccc([Si]C(C)C(CC(=O)O)C(=O)O)c1OC. The van der Waals surface area contributed by atoms with Crippen LogP contribution in [-0.2, 0) is 9.59 Å². The van der Waals surface area contributed by atoms with Gasteiger partial charge in [-0.3, -0.25) is 9.59 Å². The van der Waals surface area contributed by atoms with E-state index in [9.17, 15) is 14.7 Å². The fraction of sp³-hybridized carbons (Fsp3) is 0.429. The van der Waals surface area contributed by atoms with Crippen LogP contribution < -0.4 is 14.7 Å². The van der Waals surface area contributed by atoms with Crippen molar-refractivity contribution in [2.75, 3.05) is 14.2 Å². The molecule has 7 heteroatoms. The van der Waals surface area contributed by atoms with Crippen LogP contribution in [0.2, 0.25) is 5.54 Å². The van der Waals surface area contributed by atoms with Gasteiger partial charge in [-0.25, -0.2) is 0 Å². The first-order chi connectivity index (χ1) is 9.90. The lowest BCUT2D eigenvalue weighted by atomic mass is 10.0. The quantitative estimate of drug-likeness (QED) is 0.696. The summed E-state index contributed by atoms with van der Waals surface area (Å²) in [6.07, 6.45) is -0.393. The molecule has 0 aromatic heterocycles. The van der Waals surface area contributed by atoms with Gasteiger partial charge in [0.15, 0.2) is 11.5 Å². The van der Waals surface area contributed by atoms with Crippen LogP contribution in [0.15, 0.2) is 18.2 Å². The molecule has 0 heterocycles. The van der Waals surface area contributed by atoms with Gasteiger partial charge in [0.1, 0.15) is 0 Å². The van der Waals surface area contributed by atoms with Gasteiger partial charge in [-0.1, -0.05) is 19.1 Å². The number of hydrogen-bond donors (Lipinski definition) is 2. The molecule has 2 atom stereocenters. The Morgan fingerprint density at radius 3 is 2.38 bits per heavy atom. The van der Waals surface area contributed by atoms with Crippen molar-refractivity contribution >= 4 is 26.6 Å². The van der Waals surface area contributed by atoms with Crippen LogP contribution in [0.5, 0.6) is 11.5 Å². The van der Waals surface area contributed by atoms with E-state index in [1.165, 1.54) is 14.2 Å². The number of hydrogen-bond acceptors (Lipinski definition) is 4. The number of carbonyl (C=O) groups is 2. The Bertz CT molecular complexity index is 516. The van der Waals surface area contributed by atoms with Gasteiger partial charge >= 0.3 is 11.9 Å². The first kappa shape index (κ1) is 17.0. The van der Waals surface area contributed by atoms with Crippen molar-refractivity contribution in [1.29, 1.82) is 0 Å². The van der Waals surface area contributed by atoms with E-state index in [0.29, 0.717) is 11.5 Å². The minimum atomic E-state index is -1.11. The van der Waals surface area contributed by atoms with Crippen LogP contribution in [0.1, 0.15) is 13.3 Å². The minimum Gasteiger partial charge on any atom is -0.493 e. The summed E-state index contributed by atoms with van der Waals surface area (Å²) in [7, 11) is 3.15. The monoisotopic (exact) mass is 310 g/mol. The summed E-state index contributed by atoms with van der Waals surface area (Å²) in [5.74, 6) is -2.02. The first-order valence-electron chi connectivity index (χ1n) is 6.32. The maximum atomic E-state index is 11.2. The van der Waals surface area contributed by atoms with Crippen LogP contribution in [0.3, 0.4) is 0 Å². The van der Waals surface area contributed by atoms with Crippen LogP contribution in [-0.4, -0.2) is 45.9 Å². The second-order valence-corrected chi connectivity index (χ2v) is 6.25. The van der Waals surface area contributed by atoms with Crippen molar-refractivity contribution in [3.63, 3.8) is 0 Å². The van der Waals surface area contributed by atoms with Gasteiger partial charge in [-0.15, -0.1) is 0 Å². The number of carboxylic acids is 2. The zero-order chi connectivity index (χ0) is 16.0. The fourth-order valence-corrected chi connectivity index (χ4v) is 3.51. The predicted molar refractivity (Wildman–Crippen MR) is 77.7 cm³/mol. The van der Waals surface area contributed by atoms with Crippen molar-refractivity contribution < 1.29 is 29.3 Å². The maximum absolute atomic E-state index is 11.2. The van der Waals surface area contributed by atoms with E-state index in [0.717, 1.165) is 5.19 Å². The molecule has 0 amide bonds. The molecule has 0 fully saturated rings. The van der Waals surface area contributed by atoms with Gasteiger partial charge in [0, 0.05) is 0 Å². The van der Waals surface area contributed by atoms with Gasteiger partial charge in [0.25, 0.3) is 0 Å². The standard InChI is InChI=1S/C14H18O6Si/c1-8(9(14(17)18)7-12(15)16)21-11-6-4-5-10(19-2)13(11)20-3/h4-6,8-9H,7H2,1-3H3,(H,15,16)(H,17,18). The number of para-hydroxylation sites is 1. The highest BCUT2D eigenvalue weighted by molar-refractivity contribution is 6.56. The van der Waals surface area contributed by atoms with Crippen molar-refractivity contribution in [2.45, 2.75) is 18.9 Å². The first-order valence-corrected chi connectivity index (χ1v) is 7.40. The van der Waals surface area contributed by atoms with Crippen LogP contribution >= 0.6 is 0 Å². The summed E-state index contributed by atoms with van der Waals surface area (Å²) in [6.45, 7) is 1.74. The molecular formula is C14H18O6Si. The number of benzene rings is 1. The van der Waals surface area contributed by atoms with Crippen LogP contribution in [0.25, 0.3) is 0 Å². The topological polar surface area (TPSA) is 93.1 Å². The molecule has 0 bridgehead atoms. The molecule has 0 saturated heterocycles. The molecule has 0 saturated carbocycles. The summed E-state index contributed by atoms with van der Waals surface area (Å²) in [6, 6.07) is 5.38. The third-order valence-corrected chi connectivity index (χ3v) is 4.66. The summed E-state index contributed by atoms with van der Waals surface area (Å²) >= 11 is 0. The highest BCUT2D eigenvalue weighted by atomic mass is 28.2. The van der Waals surface area contributed by atoms with E-state index in [2.05, 4.69) is 0 Å². The Balaban J connectivity index is 2.98. The van der Waals surface area contributed by atoms with E-state index >= 15 is 0 Å². The zero-order valence-electron chi connectivity index (χ0n) is 12.1. The number of aliphatic carboxylic acids is 2. The van der Waals surface area contributed by atoms with Crippen LogP contribution in [0.4, 0.5) is 0 Å². The maximum Gasteiger partial charge on any atom is 0.307 e. The van der Waals surface area contributed by atoms with Gasteiger partial charge in [-0.2, -0.15) is 0 Å². The molecule has 2 N–H and O–H groups in total. The van der Waals surface area contributed by atoms with E-state index in [1.54, 1.807) is 19.1 Å². The van der Waals surface area contributed by atoms with Crippen LogP contribution in [0, 0.1) is 5.92 Å². The molecular weight excluding hydrogens is 292 g/mol. The Hall–Kier alpha value is -2.02. The molecule has 2 radical (unpaired) electrons. The summed E-state index contributed by atoms with van der Waals surface area (Å²) in [4.78, 5) is 22.0. The lowest BCUT2D eigenvalue weighted by Gasteiger charge is -2.19. The van der Waals surface area contributed by atoms with Gasteiger partial charge in [0.05, 0.1) is 36.1 Å². The number of rotatable bonds is 8. The molecule has 0 spiro atoms. The third-order valence-electron chi connectivity index (χ3n) is 3.10. The molecule has 6 nitrogen and oxygen atoms in total. The molecule has 114 valence electrons. The second-order valence-electron chi connectivity index (χ2n) is 4.52. The highest BCUT2D eigenvalue weighted by Gasteiger charge is 2.29. The minimum absolute atomic E-state index is 0.107. The predicted octanol–water partition coefficient (Wildman–Crippen LogP) is 1.02. The van der Waals surface area contributed by atoms with Gasteiger partial charge in [-0.05, 0) is 16.8 Å². The Kier molecular flexibility index (Phi) is 6.23. The number of methoxy groups -OCH3 is 2. The van der Waals surface area contributed by atoms with Crippen molar-refractivity contribution in [1.82, 2.24) is 0 Å². The molecule has 0 aliphatic carbocycles. The number of ether oxygens (including phenoxy) is 2.